The fourth-order valence-corrected chi connectivity index (χ4v) is 4.67. The molecular weight excluding hydrogens is 392 g/mol. The largest absolute Gasteiger partial charge is 0.352 e. The molecule has 0 atom stereocenters. The van der Waals surface area contributed by atoms with Gasteiger partial charge in [-0.05, 0) is 44.2 Å². The Kier molecular flexibility index (Phi) is 9.31. The number of carbonyl (C=O) groups is 3. The first-order valence-corrected chi connectivity index (χ1v) is 11.9. The van der Waals surface area contributed by atoms with Gasteiger partial charge in [0.1, 0.15) is 5.82 Å². The summed E-state index contributed by atoms with van der Waals surface area (Å²) in [6.07, 6.45) is 13.6. The third-order valence-corrected chi connectivity index (χ3v) is 6.35. The zero-order valence-electron chi connectivity index (χ0n) is 18.5. The third-order valence-electron chi connectivity index (χ3n) is 6.35. The maximum absolute atomic E-state index is 13.0. The standard InChI is InChI=1S/C24H36N4O3/c29-22(27-21-14-7-8-17-25-21)15-9-16-24(31)28(20-12-5-2-6-13-20)18-23(30)26-19-10-3-1-4-11-19/h7-8,14,17,19-20H,1-6,9-13,15-16,18H2,(H,26,30)(H,25,27,29). The zero-order valence-corrected chi connectivity index (χ0v) is 18.5. The molecule has 7 nitrogen and oxygen atoms in total. The van der Waals surface area contributed by atoms with Gasteiger partial charge in [-0.1, -0.05) is 44.6 Å². The molecule has 0 bridgehead atoms. The van der Waals surface area contributed by atoms with E-state index in [-0.39, 0.29) is 49.2 Å². The van der Waals surface area contributed by atoms with Gasteiger partial charge in [0, 0.05) is 31.1 Å². The lowest BCUT2D eigenvalue weighted by Gasteiger charge is -2.34. The average molecular weight is 429 g/mol. The van der Waals surface area contributed by atoms with E-state index in [2.05, 4.69) is 15.6 Å². The predicted molar refractivity (Wildman–Crippen MR) is 120 cm³/mol. The lowest BCUT2D eigenvalue weighted by Crippen LogP contribution is -2.49. The van der Waals surface area contributed by atoms with E-state index in [0.717, 1.165) is 51.4 Å². The molecule has 170 valence electrons. The molecule has 2 fully saturated rings. The highest BCUT2D eigenvalue weighted by molar-refractivity contribution is 5.90. The molecule has 2 aliphatic rings. The van der Waals surface area contributed by atoms with Crippen molar-refractivity contribution >= 4 is 23.5 Å². The molecule has 0 aromatic carbocycles. The normalized spacial score (nSPS) is 17.7. The van der Waals surface area contributed by atoms with Gasteiger partial charge in [-0.15, -0.1) is 0 Å². The molecule has 31 heavy (non-hydrogen) atoms. The molecule has 7 heteroatoms. The van der Waals surface area contributed by atoms with Gasteiger partial charge >= 0.3 is 0 Å². The van der Waals surface area contributed by atoms with Crippen molar-refractivity contribution < 1.29 is 14.4 Å². The maximum atomic E-state index is 13.0. The molecule has 0 saturated heterocycles. The Balaban J connectivity index is 1.48. The molecule has 2 aliphatic carbocycles. The molecule has 2 saturated carbocycles. The van der Waals surface area contributed by atoms with Crippen LogP contribution in [-0.2, 0) is 14.4 Å². The van der Waals surface area contributed by atoms with Gasteiger partial charge in [0.2, 0.25) is 17.7 Å². The highest BCUT2D eigenvalue weighted by Crippen LogP contribution is 2.24. The van der Waals surface area contributed by atoms with E-state index in [1.165, 1.54) is 12.8 Å². The predicted octanol–water partition coefficient (Wildman–Crippen LogP) is 3.80. The average Bonchev–Trinajstić information content (AvgIpc) is 2.79. The molecule has 0 radical (unpaired) electrons. The first-order chi connectivity index (χ1) is 15.1. The SMILES string of the molecule is O=C(CCCC(=O)N(CC(=O)NC1CCCCC1)C1CCCCC1)Nc1ccccn1. The molecule has 2 N–H and O–H groups in total. The lowest BCUT2D eigenvalue weighted by molar-refractivity contribution is -0.139. The minimum atomic E-state index is -0.147. The summed E-state index contributed by atoms with van der Waals surface area (Å²) in [5.41, 5.74) is 0. The van der Waals surface area contributed by atoms with Crippen LogP contribution in [0.4, 0.5) is 5.82 Å². The van der Waals surface area contributed by atoms with E-state index in [9.17, 15) is 14.4 Å². The first-order valence-electron chi connectivity index (χ1n) is 11.9. The lowest BCUT2D eigenvalue weighted by atomic mass is 9.93. The highest BCUT2D eigenvalue weighted by Gasteiger charge is 2.28. The minimum absolute atomic E-state index is 0.0173. The monoisotopic (exact) mass is 428 g/mol. The number of aromatic nitrogens is 1. The van der Waals surface area contributed by atoms with Crippen LogP contribution < -0.4 is 10.6 Å². The van der Waals surface area contributed by atoms with Gasteiger partial charge in [0.05, 0.1) is 6.54 Å². The van der Waals surface area contributed by atoms with Crippen LogP contribution in [0, 0.1) is 0 Å². The van der Waals surface area contributed by atoms with Gasteiger partial charge in [-0.2, -0.15) is 0 Å². The van der Waals surface area contributed by atoms with E-state index in [4.69, 9.17) is 0 Å². The van der Waals surface area contributed by atoms with Crippen molar-refractivity contribution in [2.24, 2.45) is 0 Å². The molecule has 1 aromatic rings. The van der Waals surface area contributed by atoms with Gasteiger partial charge in [-0.3, -0.25) is 14.4 Å². The number of nitrogens with one attached hydrogen (secondary N) is 2. The first kappa shape index (κ1) is 23.2. The molecular formula is C24H36N4O3. The van der Waals surface area contributed by atoms with Crippen LogP contribution in [-0.4, -0.2) is 46.2 Å². The summed E-state index contributed by atoms with van der Waals surface area (Å²) in [6, 6.07) is 5.73. The second-order valence-electron chi connectivity index (χ2n) is 8.83. The van der Waals surface area contributed by atoms with Crippen molar-refractivity contribution in [2.75, 3.05) is 11.9 Å². The third kappa shape index (κ3) is 7.96. The van der Waals surface area contributed by atoms with Crippen LogP contribution in [0.15, 0.2) is 24.4 Å². The number of amides is 3. The summed E-state index contributed by atoms with van der Waals surface area (Å²) < 4.78 is 0. The van der Waals surface area contributed by atoms with E-state index in [1.54, 1.807) is 23.2 Å². The number of carbonyl (C=O) groups excluding carboxylic acids is 3. The topological polar surface area (TPSA) is 91.4 Å². The van der Waals surface area contributed by atoms with Crippen LogP contribution in [0.2, 0.25) is 0 Å². The van der Waals surface area contributed by atoms with Crippen LogP contribution in [0.5, 0.6) is 0 Å². The molecule has 0 unspecified atom stereocenters. The molecule has 3 rings (SSSR count). The maximum Gasteiger partial charge on any atom is 0.239 e. The second kappa shape index (κ2) is 12.4. The fraction of sp³-hybridized carbons (Fsp3) is 0.667. The Morgan fingerprint density at radius 3 is 2.29 bits per heavy atom. The van der Waals surface area contributed by atoms with Gasteiger partial charge in [0.15, 0.2) is 0 Å². The Morgan fingerprint density at radius 2 is 1.61 bits per heavy atom. The minimum Gasteiger partial charge on any atom is -0.352 e. The molecule has 3 amide bonds. The van der Waals surface area contributed by atoms with Crippen molar-refractivity contribution in [3.05, 3.63) is 24.4 Å². The zero-order chi connectivity index (χ0) is 21.9. The summed E-state index contributed by atoms with van der Waals surface area (Å²) >= 11 is 0. The van der Waals surface area contributed by atoms with Gasteiger partial charge in [-0.25, -0.2) is 4.98 Å². The number of hydrogen-bond acceptors (Lipinski definition) is 4. The van der Waals surface area contributed by atoms with E-state index in [1.807, 2.05) is 6.07 Å². The Morgan fingerprint density at radius 1 is 0.903 bits per heavy atom. The molecule has 0 spiro atoms. The molecule has 1 aromatic heterocycles. The number of rotatable bonds is 9. The van der Waals surface area contributed by atoms with Crippen molar-refractivity contribution in [1.82, 2.24) is 15.2 Å². The van der Waals surface area contributed by atoms with Crippen molar-refractivity contribution in [1.29, 1.82) is 0 Å². The number of anilines is 1. The quantitative estimate of drug-likeness (QED) is 0.626. The summed E-state index contributed by atoms with van der Waals surface area (Å²) in [4.78, 5) is 43.7. The van der Waals surface area contributed by atoms with Gasteiger partial charge < -0.3 is 15.5 Å². The van der Waals surface area contributed by atoms with Crippen LogP contribution in [0.3, 0.4) is 0 Å². The molecule has 0 aliphatic heterocycles. The second-order valence-corrected chi connectivity index (χ2v) is 8.83. The van der Waals surface area contributed by atoms with Crippen molar-refractivity contribution in [3.8, 4) is 0 Å². The van der Waals surface area contributed by atoms with Crippen molar-refractivity contribution in [3.63, 3.8) is 0 Å². The van der Waals surface area contributed by atoms with E-state index in [0.29, 0.717) is 12.2 Å². The summed E-state index contributed by atoms with van der Waals surface area (Å²) in [5.74, 6) is 0.308. The summed E-state index contributed by atoms with van der Waals surface area (Å²) in [5, 5.41) is 5.89. The van der Waals surface area contributed by atoms with E-state index >= 15 is 0 Å². The Hall–Kier alpha value is -2.44. The van der Waals surface area contributed by atoms with E-state index < -0.39 is 0 Å². The Labute approximate surface area is 185 Å². The summed E-state index contributed by atoms with van der Waals surface area (Å²) in [7, 11) is 0. The highest BCUT2D eigenvalue weighted by atomic mass is 16.2. The Bertz CT molecular complexity index is 713. The smallest absolute Gasteiger partial charge is 0.239 e. The van der Waals surface area contributed by atoms with Crippen LogP contribution in [0.25, 0.3) is 0 Å². The number of pyridine rings is 1. The molecule has 1 heterocycles. The summed E-state index contributed by atoms with van der Waals surface area (Å²) in [6.45, 7) is 0.139. The number of hydrogen-bond donors (Lipinski definition) is 2. The fourth-order valence-electron chi connectivity index (χ4n) is 4.67. The number of nitrogens with zero attached hydrogens (tertiary/aromatic N) is 2. The van der Waals surface area contributed by atoms with Crippen LogP contribution >= 0.6 is 0 Å². The van der Waals surface area contributed by atoms with Crippen molar-refractivity contribution in [2.45, 2.75) is 95.6 Å². The van der Waals surface area contributed by atoms with Crippen LogP contribution in [0.1, 0.15) is 83.5 Å². The van der Waals surface area contributed by atoms with Gasteiger partial charge in [0.25, 0.3) is 0 Å².